The third kappa shape index (κ3) is 2.94. The molecule has 0 saturated carbocycles. The maximum absolute atomic E-state index is 12.1. The van der Waals surface area contributed by atoms with E-state index < -0.39 is 5.41 Å². The van der Waals surface area contributed by atoms with E-state index in [1.807, 2.05) is 30.3 Å². The van der Waals surface area contributed by atoms with Gasteiger partial charge in [0.25, 0.3) is 0 Å². The Hall–Kier alpha value is -1.62. The normalized spacial score (nSPS) is 13.7. The fraction of sp³-hybridized carbons (Fsp3) is 0.467. The fourth-order valence-corrected chi connectivity index (χ4v) is 2.42. The minimum Gasteiger partial charge on any atom is -0.299 e. The van der Waals surface area contributed by atoms with Gasteiger partial charge >= 0.3 is 0 Å². The van der Waals surface area contributed by atoms with Gasteiger partial charge in [-0.15, -0.1) is 0 Å². The number of hydrogen-bond donors (Lipinski definition) is 0. The summed E-state index contributed by atoms with van der Waals surface area (Å²) < 4.78 is 0. The van der Waals surface area contributed by atoms with Gasteiger partial charge in [0.2, 0.25) is 0 Å². The van der Waals surface area contributed by atoms with Gasteiger partial charge in [-0.05, 0) is 25.3 Å². The number of ketones is 1. The third-order valence-corrected chi connectivity index (χ3v) is 3.34. The van der Waals surface area contributed by atoms with Crippen molar-refractivity contribution in [2.24, 2.45) is 0 Å². The molecular formula is C15H19NO. The van der Waals surface area contributed by atoms with E-state index in [0.29, 0.717) is 12.8 Å². The highest BCUT2D eigenvalue weighted by Crippen LogP contribution is 2.35. The first-order valence-electron chi connectivity index (χ1n) is 6.11. The minimum absolute atomic E-state index is 0.167. The average molecular weight is 229 g/mol. The van der Waals surface area contributed by atoms with E-state index in [0.717, 1.165) is 18.4 Å². The average Bonchev–Trinajstić information content (AvgIpc) is 2.35. The number of Topliss-reactive ketones (excluding diaryl/α,β-unsaturated/α-hetero) is 1. The molecule has 0 aliphatic carbocycles. The molecule has 0 saturated heterocycles. The zero-order chi connectivity index (χ0) is 12.7. The number of nitrogens with zero attached hydrogens (tertiary/aromatic N) is 1. The van der Waals surface area contributed by atoms with Gasteiger partial charge in [-0.25, -0.2) is 0 Å². The number of nitriles is 1. The first-order chi connectivity index (χ1) is 8.17. The van der Waals surface area contributed by atoms with Crippen LogP contribution >= 0.6 is 0 Å². The number of benzene rings is 1. The summed E-state index contributed by atoms with van der Waals surface area (Å²) in [5.41, 5.74) is 0.579. The Bertz CT molecular complexity index is 405. The zero-order valence-corrected chi connectivity index (χ0v) is 10.6. The fourth-order valence-electron chi connectivity index (χ4n) is 2.42. The molecule has 1 unspecified atom stereocenters. The van der Waals surface area contributed by atoms with Crippen molar-refractivity contribution in [3.8, 4) is 6.07 Å². The highest BCUT2D eigenvalue weighted by molar-refractivity contribution is 5.88. The molecule has 1 rings (SSSR count). The monoisotopic (exact) mass is 229 g/mol. The standard InChI is InChI=1S/C15H19NO/c1-3-10-15(13(2)17,11-7-12-16)14-8-5-4-6-9-14/h4-6,8-9H,3,7,10-11H2,1-2H3. The van der Waals surface area contributed by atoms with Crippen molar-refractivity contribution >= 4 is 5.78 Å². The molecule has 17 heavy (non-hydrogen) atoms. The second-order valence-electron chi connectivity index (χ2n) is 4.41. The molecule has 0 radical (unpaired) electrons. The van der Waals surface area contributed by atoms with Crippen LogP contribution in [0.5, 0.6) is 0 Å². The maximum atomic E-state index is 12.1. The molecule has 1 aromatic rings. The smallest absolute Gasteiger partial charge is 0.140 e. The SMILES string of the molecule is CCCC(CCC#N)(C(C)=O)c1ccccc1. The zero-order valence-electron chi connectivity index (χ0n) is 10.6. The van der Waals surface area contributed by atoms with Crippen LogP contribution in [0.1, 0.15) is 45.1 Å². The molecule has 2 nitrogen and oxygen atoms in total. The lowest BCUT2D eigenvalue weighted by molar-refractivity contribution is -0.123. The number of rotatable bonds is 6. The molecule has 0 amide bonds. The molecular weight excluding hydrogens is 210 g/mol. The van der Waals surface area contributed by atoms with Gasteiger partial charge in [-0.3, -0.25) is 4.79 Å². The van der Waals surface area contributed by atoms with Gasteiger partial charge in [0.1, 0.15) is 5.78 Å². The quantitative estimate of drug-likeness (QED) is 0.747. The van der Waals surface area contributed by atoms with E-state index in [1.165, 1.54) is 0 Å². The first-order valence-corrected chi connectivity index (χ1v) is 6.11. The molecule has 0 N–H and O–H groups in total. The molecule has 0 aliphatic heterocycles. The summed E-state index contributed by atoms with van der Waals surface area (Å²) in [5, 5.41) is 8.77. The highest BCUT2D eigenvalue weighted by atomic mass is 16.1. The van der Waals surface area contributed by atoms with Gasteiger partial charge in [0, 0.05) is 6.42 Å². The van der Waals surface area contributed by atoms with Crippen LogP contribution in [0.2, 0.25) is 0 Å². The van der Waals surface area contributed by atoms with Crippen molar-refractivity contribution in [2.75, 3.05) is 0 Å². The molecule has 1 aromatic carbocycles. The van der Waals surface area contributed by atoms with E-state index in [1.54, 1.807) is 6.92 Å². The van der Waals surface area contributed by atoms with Crippen LogP contribution in [0.25, 0.3) is 0 Å². The largest absolute Gasteiger partial charge is 0.299 e. The van der Waals surface area contributed by atoms with Gasteiger partial charge in [-0.2, -0.15) is 5.26 Å². The van der Waals surface area contributed by atoms with Crippen molar-refractivity contribution in [1.29, 1.82) is 5.26 Å². The second-order valence-corrected chi connectivity index (χ2v) is 4.41. The topological polar surface area (TPSA) is 40.9 Å². The van der Waals surface area contributed by atoms with E-state index in [2.05, 4.69) is 13.0 Å². The summed E-state index contributed by atoms with van der Waals surface area (Å²) in [6, 6.07) is 12.0. The van der Waals surface area contributed by atoms with Crippen LogP contribution in [0.3, 0.4) is 0 Å². The first kappa shape index (κ1) is 13.4. The molecule has 90 valence electrons. The van der Waals surface area contributed by atoms with Gasteiger partial charge in [-0.1, -0.05) is 43.7 Å². The van der Waals surface area contributed by atoms with Crippen LogP contribution < -0.4 is 0 Å². The molecule has 0 fully saturated rings. The Morgan fingerprint density at radius 2 is 1.94 bits per heavy atom. The van der Waals surface area contributed by atoms with Gasteiger partial charge < -0.3 is 0 Å². The Morgan fingerprint density at radius 1 is 1.29 bits per heavy atom. The predicted octanol–water partition coefficient (Wildman–Crippen LogP) is 3.62. The molecule has 2 heteroatoms. The van der Waals surface area contributed by atoms with Crippen LogP contribution in [0.15, 0.2) is 30.3 Å². The van der Waals surface area contributed by atoms with E-state index in [4.69, 9.17) is 5.26 Å². The number of carbonyl (C=O) groups excluding carboxylic acids is 1. The molecule has 0 bridgehead atoms. The van der Waals surface area contributed by atoms with Crippen molar-refractivity contribution in [1.82, 2.24) is 0 Å². The van der Waals surface area contributed by atoms with E-state index >= 15 is 0 Å². The molecule has 0 aliphatic rings. The molecule has 0 heterocycles. The summed E-state index contributed by atoms with van der Waals surface area (Å²) >= 11 is 0. The van der Waals surface area contributed by atoms with Crippen LogP contribution in [-0.4, -0.2) is 5.78 Å². The molecule has 1 atom stereocenters. The van der Waals surface area contributed by atoms with Crippen molar-refractivity contribution < 1.29 is 4.79 Å². The lowest BCUT2D eigenvalue weighted by Crippen LogP contribution is -2.34. The second kappa shape index (κ2) is 6.20. The summed E-state index contributed by atoms with van der Waals surface area (Å²) in [5.74, 6) is 0.167. The Kier molecular flexibility index (Phi) is 4.90. The van der Waals surface area contributed by atoms with Crippen molar-refractivity contribution in [3.63, 3.8) is 0 Å². The number of hydrogen-bond acceptors (Lipinski definition) is 2. The van der Waals surface area contributed by atoms with Crippen molar-refractivity contribution in [2.45, 2.75) is 44.9 Å². The summed E-state index contributed by atoms with van der Waals surface area (Å²) in [6.07, 6.45) is 2.80. The lowest BCUT2D eigenvalue weighted by atomic mass is 9.71. The highest BCUT2D eigenvalue weighted by Gasteiger charge is 2.35. The summed E-state index contributed by atoms with van der Waals surface area (Å²) in [7, 11) is 0. The predicted molar refractivity (Wildman–Crippen MR) is 68.6 cm³/mol. The van der Waals surface area contributed by atoms with Crippen LogP contribution in [-0.2, 0) is 10.2 Å². The maximum Gasteiger partial charge on any atom is 0.140 e. The lowest BCUT2D eigenvalue weighted by Gasteiger charge is -2.31. The Morgan fingerprint density at radius 3 is 2.41 bits per heavy atom. The van der Waals surface area contributed by atoms with E-state index in [9.17, 15) is 4.79 Å². The molecule has 0 spiro atoms. The van der Waals surface area contributed by atoms with Crippen LogP contribution in [0.4, 0.5) is 0 Å². The Labute approximate surface area is 103 Å². The van der Waals surface area contributed by atoms with Gasteiger partial charge in [0.05, 0.1) is 11.5 Å². The van der Waals surface area contributed by atoms with E-state index in [-0.39, 0.29) is 5.78 Å². The third-order valence-electron chi connectivity index (χ3n) is 3.34. The summed E-state index contributed by atoms with van der Waals surface area (Å²) in [6.45, 7) is 3.72. The van der Waals surface area contributed by atoms with Crippen LogP contribution in [0, 0.1) is 11.3 Å². The summed E-state index contributed by atoms with van der Waals surface area (Å²) in [4.78, 5) is 12.1. The molecule has 0 aromatic heterocycles. The number of carbonyl (C=O) groups is 1. The van der Waals surface area contributed by atoms with Crippen molar-refractivity contribution in [3.05, 3.63) is 35.9 Å². The van der Waals surface area contributed by atoms with Gasteiger partial charge in [0.15, 0.2) is 0 Å². The minimum atomic E-state index is -0.467. The Balaban J connectivity index is 3.15.